The molecule has 0 aliphatic heterocycles. The first-order chi connectivity index (χ1) is 7.91. The van der Waals surface area contributed by atoms with E-state index in [2.05, 4.69) is 19.2 Å². The molecular weight excluding hydrogens is 248 g/mol. The maximum Gasteiger partial charge on any atom is 0.241 e. The van der Waals surface area contributed by atoms with E-state index in [0.29, 0.717) is 5.92 Å². The van der Waals surface area contributed by atoms with Gasteiger partial charge >= 0.3 is 0 Å². The average Bonchev–Trinajstić information content (AvgIpc) is 2.28. The van der Waals surface area contributed by atoms with Crippen LogP contribution in [0.15, 0.2) is 24.3 Å². The zero-order valence-electron chi connectivity index (χ0n) is 11.4. The quantitative estimate of drug-likeness (QED) is 0.883. The van der Waals surface area contributed by atoms with Crippen LogP contribution in [0.4, 0.5) is 5.69 Å². The lowest BCUT2D eigenvalue weighted by Crippen LogP contribution is -2.39. The van der Waals surface area contributed by atoms with Gasteiger partial charge in [0, 0.05) is 5.69 Å². The third-order valence-electron chi connectivity index (χ3n) is 2.87. The highest BCUT2D eigenvalue weighted by atomic mass is 35.5. The lowest BCUT2D eigenvalue weighted by Gasteiger charge is -2.15. The molecule has 4 heteroatoms. The molecule has 3 nitrogen and oxygen atoms in total. The first-order valence-electron chi connectivity index (χ1n) is 6.08. The van der Waals surface area contributed by atoms with Crippen LogP contribution >= 0.6 is 12.4 Å². The Bertz CT molecular complexity index is 374. The maximum absolute atomic E-state index is 11.7. The van der Waals surface area contributed by atoms with Crippen LogP contribution in [0.1, 0.15) is 39.2 Å². The van der Waals surface area contributed by atoms with Crippen molar-refractivity contribution in [3.8, 4) is 0 Å². The van der Waals surface area contributed by atoms with Crippen LogP contribution in [0.3, 0.4) is 0 Å². The van der Waals surface area contributed by atoms with Gasteiger partial charge in [0.2, 0.25) is 5.91 Å². The van der Waals surface area contributed by atoms with Gasteiger partial charge in [-0.2, -0.15) is 0 Å². The van der Waals surface area contributed by atoms with E-state index in [9.17, 15) is 4.79 Å². The van der Waals surface area contributed by atoms with Crippen molar-refractivity contribution in [2.75, 3.05) is 5.32 Å². The Morgan fingerprint density at radius 1 is 1.11 bits per heavy atom. The van der Waals surface area contributed by atoms with Gasteiger partial charge in [0.15, 0.2) is 0 Å². The Kier molecular flexibility index (Phi) is 6.96. The van der Waals surface area contributed by atoms with Crippen LogP contribution in [0, 0.1) is 5.92 Å². The number of carbonyl (C=O) groups excluding carboxylic acids is 1. The Labute approximate surface area is 116 Å². The van der Waals surface area contributed by atoms with Gasteiger partial charge < -0.3 is 11.1 Å². The Morgan fingerprint density at radius 2 is 1.61 bits per heavy atom. The number of carbonyl (C=O) groups is 1. The molecule has 18 heavy (non-hydrogen) atoms. The van der Waals surface area contributed by atoms with E-state index in [1.54, 1.807) is 0 Å². The molecule has 1 atom stereocenters. The Hall–Kier alpha value is -1.06. The van der Waals surface area contributed by atoms with Crippen LogP contribution in [0.5, 0.6) is 0 Å². The average molecular weight is 271 g/mol. The second-order valence-corrected chi connectivity index (χ2v) is 5.04. The Balaban J connectivity index is 0.00000289. The summed E-state index contributed by atoms with van der Waals surface area (Å²) < 4.78 is 0. The highest BCUT2D eigenvalue weighted by Gasteiger charge is 2.16. The maximum atomic E-state index is 11.7. The van der Waals surface area contributed by atoms with Crippen molar-refractivity contribution in [3.63, 3.8) is 0 Å². The van der Waals surface area contributed by atoms with E-state index in [4.69, 9.17) is 5.73 Å². The number of amides is 1. The van der Waals surface area contributed by atoms with Crippen molar-refractivity contribution in [1.29, 1.82) is 0 Å². The first kappa shape index (κ1) is 16.9. The van der Waals surface area contributed by atoms with Gasteiger partial charge in [0.25, 0.3) is 0 Å². The normalized spacial score (nSPS) is 12.2. The molecule has 0 saturated heterocycles. The van der Waals surface area contributed by atoms with Crippen LogP contribution in [0.25, 0.3) is 0 Å². The van der Waals surface area contributed by atoms with Crippen molar-refractivity contribution >= 4 is 24.0 Å². The SMILES string of the molecule is CC(C)c1ccc(NC(=O)C(N)C(C)C)cc1.Cl. The van der Waals surface area contributed by atoms with Crippen molar-refractivity contribution in [1.82, 2.24) is 0 Å². The predicted octanol–water partition coefficient (Wildman–Crippen LogP) is 3.15. The molecule has 1 amide bonds. The summed E-state index contributed by atoms with van der Waals surface area (Å²) in [6, 6.07) is 7.43. The van der Waals surface area contributed by atoms with E-state index in [1.165, 1.54) is 5.56 Å². The second-order valence-electron chi connectivity index (χ2n) is 5.04. The van der Waals surface area contributed by atoms with Gasteiger partial charge in [-0.25, -0.2) is 0 Å². The molecule has 1 unspecified atom stereocenters. The fourth-order valence-electron chi connectivity index (χ4n) is 1.48. The molecule has 0 aliphatic rings. The molecule has 1 aromatic rings. The monoisotopic (exact) mass is 270 g/mol. The lowest BCUT2D eigenvalue weighted by molar-refractivity contribution is -0.118. The third-order valence-corrected chi connectivity index (χ3v) is 2.87. The summed E-state index contributed by atoms with van der Waals surface area (Å²) in [6.07, 6.45) is 0. The topological polar surface area (TPSA) is 55.1 Å². The number of rotatable bonds is 4. The number of benzene rings is 1. The summed E-state index contributed by atoms with van der Waals surface area (Å²) in [5.41, 5.74) is 7.84. The van der Waals surface area contributed by atoms with Gasteiger partial charge in [-0.15, -0.1) is 12.4 Å². The minimum atomic E-state index is -0.459. The second kappa shape index (κ2) is 7.39. The number of hydrogen-bond acceptors (Lipinski definition) is 2. The minimum absolute atomic E-state index is 0. The highest BCUT2D eigenvalue weighted by Crippen LogP contribution is 2.17. The van der Waals surface area contributed by atoms with Gasteiger partial charge in [-0.1, -0.05) is 39.8 Å². The molecule has 0 aromatic heterocycles. The summed E-state index contributed by atoms with van der Waals surface area (Å²) in [7, 11) is 0. The lowest BCUT2D eigenvalue weighted by atomic mass is 10.0. The summed E-state index contributed by atoms with van der Waals surface area (Å²) >= 11 is 0. The molecule has 0 spiro atoms. The van der Waals surface area contributed by atoms with Gasteiger partial charge in [-0.05, 0) is 29.5 Å². The van der Waals surface area contributed by atoms with Crippen LogP contribution < -0.4 is 11.1 Å². The molecule has 0 bridgehead atoms. The van der Waals surface area contributed by atoms with Crippen molar-refractivity contribution in [3.05, 3.63) is 29.8 Å². The molecule has 0 aliphatic carbocycles. The van der Waals surface area contributed by atoms with E-state index in [1.807, 2.05) is 38.1 Å². The summed E-state index contributed by atoms with van der Waals surface area (Å²) in [5, 5.41) is 2.83. The summed E-state index contributed by atoms with van der Waals surface area (Å²) in [5.74, 6) is 0.514. The van der Waals surface area contributed by atoms with E-state index >= 15 is 0 Å². The van der Waals surface area contributed by atoms with E-state index in [0.717, 1.165) is 5.69 Å². The molecule has 0 fully saturated rings. The van der Waals surface area contributed by atoms with Gasteiger partial charge in [0.1, 0.15) is 0 Å². The molecule has 102 valence electrons. The molecule has 1 rings (SSSR count). The Morgan fingerprint density at radius 3 is 2.00 bits per heavy atom. The molecular formula is C14H23ClN2O. The van der Waals surface area contributed by atoms with Crippen molar-refractivity contribution in [2.24, 2.45) is 11.7 Å². The standard InChI is InChI=1S/C14H22N2O.ClH/c1-9(2)11-5-7-12(8-6-11)16-14(17)13(15)10(3)4;/h5-10,13H,15H2,1-4H3,(H,16,17);1H. The molecule has 1 aromatic carbocycles. The van der Waals surface area contributed by atoms with E-state index < -0.39 is 6.04 Å². The van der Waals surface area contributed by atoms with Crippen LogP contribution in [-0.2, 0) is 4.79 Å². The van der Waals surface area contributed by atoms with Crippen LogP contribution in [-0.4, -0.2) is 11.9 Å². The predicted molar refractivity (Wildman–Crippen MR) is 79.2 cm³/mol. The number of nitrogens with one attached hydrogen (secondary N) is 1. The summed E-state index contributed by atoms with van der Waals surface area (Å²) in [4.78, 5) is 11.7. The number of halogens is 1. The number of hydrogen-bond donors (Lipinski definition) is 2. The van der Waals surface area contributed by atoms with Crippen LogP contribution in [0.2, 0.25) is 0 Å². The first-order valence-corrected chi connectivity index (χ1v) is 6.08. The van der Waals surface area contributed by atoms with Gasteiger partial charge in [-0.3, -0.25) is 4.79 Å². The fraction of sp³-hybridized carbons (Fsp3) is 0.500. The third kappa shape index (κ3) is 4.67. The molecule has 3 N–H and O–H groups in total. The minimum Gasteiger partial charge on any atom is -0.325 e. The number of nitrogens with two attached hydrogens (primary N) is 1. The largest absolute Gasteiger partial charge is 0.325 e. The smallest absolute Gasteiger partial charge is 0.241 e. The number of anilines is 1. The van der Waals surface area contributed by atoms with Crippen molar-refractivity contribution in [2.45, 2.75) is 39.7 Å². The summed E-state index contributed by atoms with van der Waals surface area (Å²) in [6.45, 7) is 8.16. The zero-order chi connectivity index (χ0) is 13.0. The molecule has 0 saturated carbocycles. The molecule has 0 heterocycles. The zero-order valence-corrected chi connectivity index (χ0v) is 12.3. The fourth-order valence-corrected chi connectivity index (χ4v) is 1.48. The van der Waals surface area contributed by atoms with Gasteiger partial charge in [0.05, 0.1) is 6.04 Å². The van der Waals surface area contributed by atoms with Crippen molar-refractivity contribution < 1.29 is 4.79 Å². The highest BCUT2D eigenvalue weighted by molar-refractivity contribution is 5.94. The van der Waals surface area contributed by atoms with E-state index in [-0.39, 0.29) is 24.2 Å². The molecule has 0 radical (unpaired) electrons.